The van der Waals surface area contributed by atoms with E-state index in [0.29, 0.717) is 24.5 Å². The molecule has 1 aromatic heterocycles. The van der Waals surface area contributed by atoms with E-state index in [1.54, 1.807) is 0 Å². The highest BCUT2D eigenvalue weighted by molar-refractivity contribution is 4.97. The third-order valence-electron chi connectivity index (χ3n) is 4.94. The van der Waals surface area contributed by atoms with Gasteiger partial charge in [0.2, 0.25) is 0 Å². The number of ether oxygens (including phenoxy) is 1. The zero-order valence-electron chi connectivity index (χ0n) is 13.0. The summed E-state index contributed by atoms with van der Waals surface area (Å²) < 4.78 is 11.3. The second kappa shape index (κ2) is 7.36. The van der Waals surface area contributed by atoms with Crippen molar-refractivity contribution < 1.29 is 9.26 Å². The Morgan fingerprint density at radius 2 is 2.10 bits per heavy atom. The molecule has 118 valence electrons. The van der Waals surface area contributed by atoms with Gasteiger partial charge >= 0.3 is 0 Å². The minimum atomic E-state index is 0.334. The lowest BCUT2D eigenvalue weighted by Gasteiger charge is -2.26. The normalized spacial score (nSPS) is 27.9. The molecule has 1 aliphatic heterocycles. The largest absolute Gasteiger partial charge is 0.368 e. The molecule has 1 aromatic rings. The molecule has 0 spiro atoms. The maximum Gasteiger partial charge on any atom is 0.252 e. The van der Waals surface area contributed by atoms with Gasteiger partial charge in [0.05, 0.1) is 6.10 Å². The molecule has 2 heterocycles. The number of aromatic nitrogens is 2. The zero-order chi connectivity index (χ0) is 14.5. The minimum Gasteiger partial charge on any atom is -0.368 e. The van der Waals surface area contributed by atoms with Gasteiger partial charge in [-0.2, -0.15) is 4.98 Å². The molecule has 5 heteroatoms. The van der Waals surface area contributed by atoms with Crippen LogP contribution >= 0.6 is 0 Å². The highest BCUT2D eigenvalue weighted by atomic mass is 16.5. The summed E-state index contributed by atoms with van der Waals surface area (Å²) in [6.45, 7) is 4.82. The number of rotatable bonds is 5. The van der Waals surface area contributed by atoms with Gasteiger partial charge in [0.25, 0.3) is 5.89 Å². The van der Waals surface area contributed by atoms with Crippen LogP contribution in [0.1, 0.15) is 69.5 Å². The smallest absolute Gasteiger partial charge is 0.252 e. The number of hydrogen-bond acceptors (Lipinski definition) is 5. The Labute approximate surface area is 126 Å². The van der Waals surface area contributed by atoms with Gasteiger partial charge in [0.15, 0.2) is 5.82 Å². The van der Waals surface area contributed by atoms with E-state index in [4.69, 9.17) is 9.26 Å². The molecule has 5 nitrogen and oxygen atoms in total. The van der Waals surface area contributed by atoms with E-state index in [1.165, 1.54) is 32.1 Å². The SMILES string of the molecule is CCC1CCCC(c2noc(COC3CCNCC3)n2)C1. The minimum absolute atomic E-state index is 0.334. The number of piperidine rings is 1. The average Bonchev–Trinajstić information content (AvgIpc) is 3.03. The molecular formula is C16H27N3O2. The first-order chi connectivity index (χ1) is 10.3. The van der Waals surface area contributed by atoms with Gasteiger partial charge in [0, 0.05) is 5.92 Å². The highest BCUT2D eigenvalue weighted by Gasteiger charge is 2.26. The number of nitrogens with one attached hydrogen (secondary N) is 1. The number of hydrogen-bond donors (Lipinski definition) is 1. The van der Waals surface area contributed by atoms with Crippen LogP contribution in [0.4, 0.5) is 0 Å². The van der Waals surface area contributed by atoms with Crippen molar-refractivity contribution in [2.75, 3.05) is 13.1 Å². The molecule has 2 fully saturated rings. The van der Waals surface area contributed by atoms with Gasteiger partial charge in [-0.05, 0) is 44.7 Å². The molecule has 2 unspecified atom stereocenters. The number of nitrogens with zero attached hydrogens (tertiary/aromatic N) is 2. The predicted molar refractivity (Wildman–Crippen MR) is 80.0 cm³/mol. The first-order valence-electron chi connectivity index (χ1n) is 8.50. The lowest BCUT2D eigenvalue weighted by molar-refractivity contribution is 0.00859. The van der Waals surface area contributed by atoms with Crippen molar-refractivity contribution in [3.8, 4) is 0 Å². The fourth-order valence-electron chi connectivity index (χ4n) is 3.54. The summed E-state index contributed by atoms with van der Waals surface area (Å²) in [4.78, 5) is 4.57. The summed E-state index contributed by atoms with van der Waals surface area (Å²) in [5, 5.41) is 7.53. The second-order valence-electron chi connectivity index (χ2n) is 6.44. The van der Waals surface area contributed by atoms with Crippen molar-refractivity contribution in [3.05, 3.63) is 11.7 Å². The van der Waals surface area contributed by atoms with Crippen LogP contribution in [0, 0.1) is 5.92 Å². The summed E-state index contributed by atoms with van der Waals surface area (Å²) >= 11 is 0. The van der Waals surface area contributed by atoms with Crippen LogP contribution in [0.2, 0.25) is 0 Å². The fourth-order valence-corrected chi connectivity index (χ4v) is 3.54. The first kappa shape index (κ1) is 15.0. The van der Waals surface area contributed by atoms with E-state index in [2.05, 4.69) is 22.4 Å². The topological polar surface area (TPSA) is 60.2 Å². The quantitative estimate of drug-likeness (QED) is 0.904. The van der Waals surface area contributed by atoms with Crippen molar-refractivity contribution in [1.29, 1.82) is 0 Å². The Morgan fingerprint density at radius 1 is 1.24 bits per heavy atom. The molecule has 1 N–H and O–H groups in total. The molecule has 21 heavy (non-hydrogen) atoms. The van der Waals surface area contributed by atoms with Crippen LogP contribution < -0.4 is 5.32 Å². The standard InChI is InChI=1S/C16H27N3O2/c1-2-12-4-3-5-13(10-12)16-18-15(21-19-16)11-20-14-6-8-17-9-7-14/h12-14,17H,2-11H2,1H3. The van der Waals surface area contributed by atoms with Crippen molar-refractivity contribution >= 4 is 0 Å². The Balaban J connectivity index is 1.50. The third kappa shape index (κ3) is 4.04. The van der Waals surface area contributed by atoms with Gasteiger partial charge in [-0.3, -0.25) is 0 Å². The monoisotopic (exact) mass is 293 g/mol. The summed E-state index contributed by atoms with van der Waals surface area (Å²) in [6, 6.07) is 0. The van der Waals surface area contributed by atoms with Crippen molar-refractivity contribution in [2.45, 2.75) is 70.5 Å². The van der Waals surface area contributed by atoms with Crippen LogP contribution in [-0.2, 0) is 11.3 Å². The van der Waals surface area contributed by atoms with Crippen LogP contribution in [0.5, 0.6) is 0 Å². The highest BCUT2D eigenvalue weighted by Crippen LogP contribution is 2.36. The first-order valence-corrected chi connectivity index (χ1v) is 8.50. The van der Waals surface area contributed by atoms with E-state index < -0.39 is 0 Å². The molecule has 0 amide bonds. The Hall–Kier alpha value is -0.940. The molecule has 3 rings (SSSR count). The Morgan fingerprint density at radius 3 is 2.90 bits per heavy atom. The van der Waals surface area contributed by atoms with Crippen molar-refractivity contribution in [1.82, 2.24) is 15.5 Å². The van der Waals surface area contributed by atoms with Crippen molar-refractivity contribution in [3.63, 3.8) is 0 Å². The molecule has 2 aliphatic rings. The average molecular weight is 293 g/mol. The molecule has 1 saturated carbocycles. The Kier molecular flexibility index (Phi) is 5.25. The van der Waals surface area contributed by atoms with E-state index in [0.717, 1.165) is 37.7 Å². The molecular weight excluding hydrogens is 266 g/mol. The van der Waals surface area contributed by atoms with Gasteiger partial charge < -0.3 is 14.6 Å². The van der Waals surface area contributed by atoms with Gasteiger partial charge in [-0.15, -0.1) is 0 Å². The fraction of sp³-hybridized carbons (Fsp3) is 0.875. The molecule has 1 saturated heterocycles. The van der Waals surface area contributed by atoms with Crippen LogP contribution in [0.25, 0.3) is 0 Å². The third-order valence-corrected chi connectivity index (χ3v) is 4.94. The summed E-state index contributed by atoms with van der Waals surface area (Å²) in [7, 11) is 0. The molecule has 2 atom stereocenters. The van der Waals surface area contributed by atoms with Crippen molar-refractivity contribution in [2.24, 2.45) is 5.92 Å². The summed E-state index contributed by atoms with van der Waals surface area (Å²) in [6.07, 6.45) is 8.80. The predicted octanol–water partition coefficient (Wildman–Crippen LogP) is 3.02. The molecule has 1 aliphatic carbocycles. The molecule has 0 bridgehead atoms. The van der Waals surface area contributed by atoms with Crippen LogP contribution in [-0.4, -0.2) is 29.3 Å². The van der Waals surface area contributed by atoms with E-state index in [1.807, 2.05) is 0 Å². The second-order valence-corrected chi connectivity index (χ2v) is 6.44. The lowest BCUT2D eigenvalue weighted by Crippen LogP contribution is -2.32. The Bertz CT molecular complexity index is 429. The molecule has 0 aromatic carbocycles. The maximum absolute atomic E-state index is 5.88. The lowest BCUT2D eigenvalue weighted by atomic mass is 9.80. The maximum atomic E-state index is 5.88. The summed E-state index contributed by atoms with van der Waals surface area (Å²) in [5.74, 6) is 2.86. The zero-order valence-corrected chi connectivity index (χ0v) is 13.0. The van der Waals surface area contributed by atoms with E-state index >= 15 is 0 Å². The van der Waals surface area contributed by atoms with Gasteiger partial charge in [0.1, 0.15) is 6.61 Å². The van der Waals surface area contributed by atoms with Gasteiger partial charge in [-0.1, -0.05) is 31.3 Å². The van der Waals surface area contributed by atoms with Crippen LogP contribution in [0.15, 0.2) is 4.52 Å². The van der Waals surface area contributed by atoms with E-state index in [-0.39, 0.29) is 0 Å². The molecule has 0 radical (unpaired) electrons. The van der Waals surface area contributed by atoms with Crippen LogP contribution in [0.3, 0.4) is 0 Å². The van der Waals surface area contributed by atoms with E-state index in [9.17, 15) is 0 Å². The van der Waals surface area contributed by atoms with Gasteiger partial charge in [-0.25, -0.2) is 0 Å². The summed E-state index contributed by atoms with van der Waals surface area (Å²) in [5.41, 5.74) is 0.